The fourth-order valence-electron chi connectivity index (χ4n) is 3.05. The maximum absolute atomic E-state index is 13.2. The molecule has 0 rings (SSSR count). The zero-order valence-corrected chi connectivity index (χ0v) is 22.2. The van der Waals surface area contributed by atoms with E-state index in [2.05, 4.69) is 20.9 Å². The van der Waals surface area contributed by atoms with Gasteiger partial charge in [-0.15, -0.1) is 0 Å². The number of hydrogen-bond donors (Lipinski definition) is 7. The molecule has 0 aromatic heterocycles. The minimum absolute atomic E-state index is 0.0981. The third-order valence-corrected chi connectivity index (χ3v) is 6.26. The maximum atomic E-state index is 13.2. The van der Waals surface area contributed by atoms with Crippen molar-refractivity contribution >= 4 is 41.4 Å². The van der Waals surface area contributed by atoms with Gasteiger partial charge in [0.2, 0.25) is 17.7 Å². The molecule has 0 saturated carbocycles. The number of carbonyl (C=O) groups excluding carboxylic acids is 3. The maximum Gasteiger partial charge on any atom is 0.326 e. The number of guanidine groups is 1. The van der Waals surface area contributed by atoms with Crippen LogP contribution in [0.15, 0.2) is 4.99 Å². The van der Waals surface area contributed by atoms with E-state index < -0.39 is 47.9 Å². The van der Waals surface area contributed by atoms with Crippen molar-refractivity contribution in [1.82, 2.24) is 16.0 Å². The molecule has 0 radical (unpaired) electrons. The standard InChI is InChI=1S/C22H43N7O5S/c1-6-13(4)17(29-19(31)16(23)12(2)3)20(32)27-14(8-7-10-26-22(24)25)18(30)28-15(21(33)34)9-11-35-5/h12-17H,6-11,23H2,1-5H3,(H,27,32)(H,28,30)(H,29,31)(H,33,34)(H4,24,25,26). The average Bonchev–Trinajstić information content (AvgIpc) is 2.79. The third-order valence-electron chi connectivity index (χ3n) is 5.62. The monoisotopic (exact) mass is 517 g/mol. The van der Waals surface area contributed by atoms with Crippen molar-refractivity contribution in [2.45, 2.75) is 77.5 Å². The minimum Gasteiger partial charge on any atom is -0.480 e. The van der Waals surface area contributed by atoms with Gasteiger partial charge in [0.25, 0.3) is 0 Å². The lowest BCUT2D eigenvalue weighted by molar-refractivity contribution is -0.142. The van der Waals surface area contributed by atoms with E-state index >= 15 is 0 Å². The molecule has 13 heteroatoms. The number of aliphatic carboxylic acids is 1. The Hall–Kier alpha value is -2.54. The highest BCUT2D eigenvalue weighted by Gasteiger charge is 2.32. The fourth-order valence-corrected chi connectivity index (χ4v) is 3.52. The van der Waals surface area contributed by atoms with Crippen molar-refractivity contribution < 1.29 is 24.3 Å². The Bertz CT molecular complexity index is 731. The summed E-state index contributed by atoms with van der Waals surface area (Å²) in [6.07, 6.45) is 3.18. The topological polar surface area (TPSA) is 215 Å². The summed E-state index contributed by atoms with van der Waals surface area (Å²) in [4.78, 5) is 54.2. The van der Waals surface area contributed by atoms with E-state index in [4.69, 9.17) is 17.2 Å². The smallest absolute Gasteiger partial charge is 0.326 e. The van der Waals surface area contributed by atoms with Crippen LogP contribution in [0.5, 0.6) is 0 Å². The van der Waals surface area contributed by atoms with Gasteiger partial charge in [0, 0.05) is 6.54 Å². The van der Waals surface area contributed by atoms with Gasteiger partial charge in [0.15, 0.2) is 5.96 Å². The molecule has 0 aromatic carbocycles. The summed E-state index contributed by atoms with van der Waals surface area (Å²) in [6, 6.07) is -3.85. The molecular weight excluding hydrogens is 474 g/mol. The molecule has 0 aliphatic rings. The van der Waals surface area contributed by atoms with Crippen LogP contribution in [0.3, 0.4) is 0 Å². The van der Waals surface area contributed by atoms with Crippen LogP contribution in [0.1, 0.15) is 53.4 Å². The van der Waals surface area contributed by atoms with Gasteiger partial charge < -0.3 is 38.3 Å². The Kier molecular flexibility index (Phi) is 15.7. The van der Waals surface area contributed by atoms with E-state index in [9.17, 15) is 24.3 Å². The largest absolute Gasteiger partial charge is 0.480 e. The highest BCUT2D eigenvalue weighted by atomic mass is 32.2. The molecule has 0 aliphatic heterocycles. The zero-order chi connectivity index (χ0) is 27.1. The summed E-state index contributed by atoms with van der Waals surface area (Å²) in [5.41, 5.74) is 16.6. The van der Waals surface area contributed by atoms with Crippen LogP contribution >= 0.6 is 11.8 Å². The highest BCUT2D eigenvalue weighted by Crippen LogP contribution is 2.11. The van der Waals surface area contributed by atoms with Gasteiger partial charge in [-0.2, -0.15) is 11.8 Å². The van der Waals surface area contributed by atoms with Crippen molar-refractivity contribution in [3.63, 3.8) is 0 Å². The van der Waals surface area contributed by atoms with Crippen LogP contribution in [-0.2, 0) is 19.2 Å². The van der Waals surface area contributed by atoms with Crippen LogP contribution in [0, 0.1) is 11.8 Å². The van der Waals surface area contributed by atoms with Crippen LogP contribution in [0.2, 0.25) is 0 Å². The summed E-state index contributed by atoms with van der Waals surface area (Å²) < 4.78 is 0. The molecule has 0 bridgehead atoms. The molecule has 0 aromatic rings. The van der Waals surface area contributed by atoms with E-state index in [1.807, 2.05) is 20.1 Å². The van der Waals surface area contributed by atoms with E-state index in [1.54, 1.807) is 13.8 Å². The number of thioether (sulfide) groups is 1. The van der Waals surface area contributed by atoms with Crippen molar-refractivity contribution in [3.8, 4) is 0 Å². The van der Waals surface area contributed by atoms with Crippen molar-refractivity contribution in [2.75, 3.05) is 18.6 Å². The third kappa shape index (κ3) is 12.6. The Morgan fingerprint density at radius 3 is 2.03 bits per heavy atom. The number of carboxylic acid groups (broad SMARTS) is 1. The van der Waals surface area contributed by atoms with Crippen molar-refractivity contribution in [2.24, 2.45) is 34.0 Å². The van der Waals surface area contributed by atoms with Crippen LogP contribution in [0.25, 0.3) is 0 Å². The molecule has 5 unspecified atom stereocenters. The fraction of sp³-hybridized carbons (Fsp3) is 0.773. The molecule has 0 spiro atoms. The summed E-state index contributed by atoms with van der Waals surface area (Å²) in [5, 5.41) is 17.3. The molecule has 0 aliphatic carbocycles. The summed E-state index contributed by atoms with van der Waals surface area (Å²) in [6.45, 7) is 7.51. The Morgan fingerprint density at radius 1 is 0.943 bits per heavy atom. The van der Waals surface area contributed by atoms with Gasteiger partial charge in [-0.3, -0.25) is 19.4 Å². The number of nitrogens with zero attached hydrogens (tertiary/aromatic N) is 1. The number of carbonyl (C=O) groups is 4. The molecule has 0 fully saturated rings. The van der Waals surface area contributed by atoms with Gasteiger partial charge in [-0.25, -0.2) is 4.79 Å². The number of amides is 3. The number of carboxylic acids is 1. The molecule has 10 N–H and O–H groups in total. The van der Waals surface area contributed by atoms with E-state index in [0.717, 1.165) is 0 Å². The lowest BCUT2D eigenvalue weighted by Gasteiger charge is -2.28. The van der Waals surface area contributed by atoms with Gasteiger partial charge in [0.05, 0.1) is 6.04 Å². The molecule has 35 heavy (non-hydrogen) atoms. The van der Waals surface area contributed by atoms with Crippen molar-refractivity contribution in [1.29, 1.82) is 0 Å². The SMILES string of the molecule is CCC(C)C(NC(=O)C(N)C(C)C)C(=O)NC(CCCN=C(N)N)C(=O)NC(CCSC)C(=O)O. The number of nitrogens with two attached hydrogens (primary N) is 3. The van der Waals surface area contributed by atoms with Gasteiger partial charge in [-0.1, -0.05) is 34.1 Å². The van der Waals surface area contributed by atoms with Crippen molar-refractivity contribution in [3.05, 3.63) is 0 Å². The first-order chi connectivity index (χ1) is 16.3. The first kappa shape index (κ1) is 32.5. The van der Waals surface area contributed by atoms with Gasteiger partial charge in [-0.05, 0) is 43.1 Å². The first-order valence-corrected chi connectivity index (χ1v) is 13.2. The lowest BCUT2D eigenvalue weighted by Crippen LogP contribution is -2.59. The molecular formula is C22H43N7O5S. The summed E-state index contributed by atoms with van der Waals surface area (Å²) in [7, 11) is 0. The molecule has 0 saturated heterocycles. The van der Waals surface area contributed by atoms with Crippen LogP contribution in [0.4, 0.5) is 0 Å². The second-order valence-electron chi connectivity index (χ2n) is 8.83. The predicted octanol–water partition coefficient (Wildman–Crippen LogP) is -0.638. The Labute approximate surface area is 212 Å². The number of hydrogen-bond acceptors (Lipinski definition) is 7. The molecule has 12 nitrogen and oxygen atoms in total. The minimum atomic E-state index is -1.16. The highest BCUT2D eigenvalue weighted by molar-refractivity contribution is 7.98. The summed E-state index contributed by atoms with van der Waals surface area (Å²) >= 11 is 1.46. The molecule has 0 heterocycles. The normalized spacial score (nSPS) is 15.3. The van der Waals surface area contributed by atoms with E-state index in [-0.39, 0.29) is 37.2 Å². The quantitative estimate of drug-likeness (QED) is 0.0740. The predicted molar refractivity (Wildman–Crippen MR) is 139 cm³/mol. The van der Waals surface area contributed by atoms with Crippen LogP contribution < -0.4 is 33.2 Å². The summed E-state index contributed by atoms with van der Waals surface area (Å²) in [5.74, 6) is -2.74. The Morgan fingerprint density at radius 2 is 1.54 bits per heavy atom. The zero-order valence-electron chi connectivity index (χ0n) is 21.4. The van der Waals surface area contributed by atoms with Gasteiger partial charge >= 0.3 is 5.97 Å². The van der Waals surface area contributed by atoms with Crippen LogP contribution in [-0.4, -0.2) is 77.5 Å². The second-order valence-corrected chi connectivity index (χ2v) is 9.82. The molecule has 3 amide bonds. The molecule has 202 valence electrons. The Balaban J connectivity index is 5.65. The number of rotatable bonds is 17. The average molecular weight is 518 g/mol. The number of aliphatic imine (C=N–C) groups is 1. The van der Waals surface area contributed by atoms with E-state index in [0.29, 0.717) is 18.6 Å². The molecule has 5 atom stereocenters. The lowest BCUT2D eigenvalue weighted by atomic mass is 9.96. The number of nitrogens with one attached hydrogen (secondary N) is 3. The second kappa shape index (κ2) is 17.0. The van der Waals surface area contributed by atoms with Gasteiger partial charge in [0.1, 0.15) is 18.1 Å². The van der Waals surface area contributed by atoms with E-state index in [1.165, 1.54) is 11.8 Å². The first-order valence-electron chi connectivity index (χ1n) is 11.8.